The molecule has 1 fully saturated rings. The average molecular weight is 235 g/mol. The highest BCUT2D eigenvalue weighted by Crippen LogP contribution is 2.27. The van der Waals surface area contributed by atoms with E-state index in [2.05, 4.69) is 4.98 Å². The first-order valence-electron chi connectivity index (χ1n) is 5.71. The molecule has 1 aliphatic rings. The van der Waals surface area contributed by atoms with E-state index in [4.69, 9.17) is 5.73 Å². The molecular formula is C12H17N3O2. The van der Waals surface area contributed by atoms with Crippen LogP contribution in [0.15, 0.2) is 18.3 Å². The fourth-order valence-electron chi connectivity index (χ4n) is 2.08. The second kappa shape index (κ2) is 4.71. The normalized spacial score (nSPS) is 22.9. The minimum Gasteiger partial charge on any atom is -0.399 e. The zero-order valence-corrected chi connectivity index (χ0v) is 9.84. The van der Waals surface area contributed by atoms with E-state index >= 15 is 0 Å². The third-order valence-electron chi connectivity index (χ3n) is 3.09. The second-order valence-corrected chi connectivity index (χ2v) is 4.65. The number of aliphatic hydroxyl groups excluding tert-OH is 1. The Balaban J connectivity index is 1.95. The van der Waals surface area contributed by atoms with E-state index in [0.717, 1.165) is 12.8 Å². The fraction of sp³-hybridized carbons (Fsp3) is 0.500. The lowest BCUT2D eigenvalue weighted by Crippen LogP contribution is -2.39. The van der Waals surface area contributed by atoms with E-state index in [-0.39, 0.29) is 12.0 Å². The van der Waals surface area contributed by atoms with E-state index < -0.39 is 0 Å². The summed E-state index contributed by atoms with van der Waals surface area (Å²) >= 11 is 0. The molecule has 1 aliphatic carbocycles. The third kappa shape index (κ3) is 2.74. The summed E-state index contributed by atoms with van der Waals surface area (Å²) in [6.07, 6.45) is 2.90. The Bertz CT molecular complexity index is 416. The molecule has 1 heterocycles. The highest BCUT2D eigenvalue weighted by Gasteiger charge is 2.29. The van der Waals surface area contributed by atoms with Gasteiger partial charge in [-0.05, 0) is 30.9 Å². The van der Waals surface area contributed by atoms with Crippen LogP contribution < -0.4 is 5.73 Å². The van der Waals surface area contributed by atoms with E-state index in [1.807, 2.05) is 0 Å². The Kier molecular flexibility index (Phi) is 3.28. The molecule has 5 heteroatoms. The Morgan fingerprint density at radius 2 is 2.35 bits per heavy atom. The lowest BCUT2D eigenvalue weighted by molar-refractivity contribution is 0.0264. The molecule has 1 aromatic heterocycles. The monoisotopic (exact) mass is 235 g/mol. The van der Waals surface area contributed by atoms with Gasteiger partial charge in [0, 0.05) is 25.5 Å². The standard InChI is InChI=1S/C12H17N3O2/c1-15(7-8-4-10(16)5-8)12(17)11-6-9(13)2-3-14-11/h2-3,6,8,10,16H,4-5,7H2,1H3,(H2,13,14). The molecule has 1 amide bonds. The number of aromatic nitrogens is 1. The lowest BCUT2D eigenvalue weighted by Gasteiger charge is -2.34. The summed E-state index contributed by atoms with van der Waals surface area (Å²) in [4.78, 5) is 17.6. The minimum atomic E-state index is -0.186. The molecule has 3 N–H and O–H groups in total. The van der Waals surface area contributed by atoms with Gasteiger partial charge in [0.15, 0.2) is 0 Å². The van der Waals surface area contributed by atoms with Crippen LogP contribution >= 0.6 is 0 Å². The maximum Gasteiger partial charge on any atom is 0.272 e. The maximum absolute atomic E-state index is 12.0. The molecule has 0 bridgehead atoms. The van der Waals surface area contributed by atoms with Crippen molar-refractivity contribution in [2.75, 3.05) is 19.3 Å². The zero-order valence-electron chi connectivity index (χ0n) is 9.84. The molecule has 17 heavy (non-hydrogen) atoms. The highest BCUT2D eigenvalue weighted by molar-refractivity contribution is 5.92. The van der Waals surface area contributed by atoms with Crippen LogP contribution in [0.1, 0.15) is 23.3 Å². The van der Waals surface area contributed by atoms with E-state index in [9.17, 15) is 9.90 Å². The van der Waals surface area contributed by atoms with Crippen LogP contribution in [0.5, 0.6) is 0 Å². The molecule has 0 radical (unpaired) electrons. The number of carbonyl (C=O) groups excluding carboxylic acids is 1. The first kappa shape index (κ1) is 11.9. The Hall–Kier alpha value is -1.62. The molecule has 0 aromatic carbocycles. The van der Waals surface area contributed by atoms with Gasteiger partial charge < -0.3 is 15.7 Å². The van der Waals surface area contributed by atoms with Crippen LogP contribution in [0.4, 0.5) is 5.69 Å². The summed E-state index contributed by atoms with van der Waals surface area (Å²) in [5.74, 6) is 0.277. The molecule has 5 nitrogen and oxygen atoms in total. The van der Waals surface area contributed by atoms with Gasteiger partial charge in [0.25, 0.3) is 5.91 Å². The predicted octanol–water partition coefficient (Wildman–Crippen LogP) is 0.507. The quantitative estimate of drug-likeness (QED) is 0.800. The van der Waals surface area contributed by atoms with Gasteiger partial charge in [0.1, 0.15) is 5.69 Å². The number of amides is 1. The smallest absolute Gasteiger partial charge is 0.272 e. The van der Waals surface area contributed by atoms with Gasteiger partial charge in [-0.2, -0.15) is 0 Å². The number of hydrogen-bond acceptors (Lipinski definition) is 4. The molecule has 0 unspecified atom stereocenters. The molecule has 1 saturated carbocycles. The van der Waals surface area contributed by atoms with Crippen molar-refractivity contribution in [1.82, 2.24) is 9.88 Å². The van der Waals surface area contributed by atoms with Crippen LogP contribution in [0.3, 0.4) is 0 Å². The average Bonchev–Trinajstić information content (AvgIpc) is 2.26. The van der Waals surface area contributed by atoms with E-state index in [1.165, 1.54) is 6.20 Å². The zero-order chi connectivity index (χ0) is 12.4. The summed E-state index contributed by atoms with van der Waals surface area (Å²) in [7, 11) is 1.75. The van der Waals surface area contributed by atoms with Crippen molar-refractivity contribution in [1.29, 1.82) is 0 Å². The summed E-state index contributed by atoms with van der Waals surface area (Å²) in [6, 6.07) is 3.23. The molecule has 0 spiro atoms. The molecule has 1 aromatic rings. The van der Waals surface area contributed by atoms with Crippen molar-refractivity contribution in [2.24, 2.45) is 5.92 Å². The van der Waals surface area contributed by atoms with Crippen molar-refractivity contribution in [3.05, 3.63) is 24.0 Å². The first-order chi connectivity index (χ1) is 8.06. The van der Waals surface area contributed by atoms with Crippen molar-refractivity contribution < 1.29 is 9.90 Å². The number of nitrogen functional groups attached to an aromatic ring is 1. The van der Waals surface area contributed by atoms with Crippen molar-refractivity contribution in [3.63, 3.8) is 0 Å². The summed E-state index contributed by atoms with van der Waals surface area (Å²) in [5.41, 5.74) is 6.52. The van der Waals surface area contributed by atoms with Gasteiger partial charge >= 0.3 is 0 Å². The predicted molar refractivity (Wildman–Crippen MR) is 64.3 cm³/mol. The third-order valence-corrected chi connectivity index (χ3v) is 3.09. The summed E-state index contributed by atoms with van der Waals surface area (Å²) in [5, 5.41) is 9.19. The SMILES string of the molecule is CN(CC1CC(O)C1)C(=O)c1cc(N)ccn1. The van der Waals surface area contributed by atoms with Crippen LogP contribution in [-0.4, -0.2) is 40.6 Å². The van der Waals surface area contributed by atoms with Crippen LogP contribution in [-0.2, 0) is 0 Å². The van der Waals surface area contributed by atoms with Gasteiger partial charge in [-0.25, -0.2) is 0 Å². The van der Waals surface area contributed by atoms with Gasteiger partial charge in [-0.3, -0.25) is 9.78 Å². The number of rotatable bonds is 3. The van der Waals surface area contributed by atoms with Crippen molar-refractivity contribution >= 4 is 11.6 Å². The Labute approximate surface area is 100 Å². The first-order valence-corrected chi connectivity index (χ1v) is 5.71. The summed E-state index contributed by atoms with van der Waals surface area (Å²) in [6.45, 7) is 0.659. The van der Waals surface area contributed by atoms with Gasteiger partial charge in [0.2, 0.25) is 0 Å². The molecule has 0 saturated heterocycles. The minimum absolute atomic E-state index is 0.126. The molecule has 2 rings (SSSR count). The lowest BCUT2D eigenvalue weighted by atomic mass is 9.82. The van der Waals surface area contributed by atoms with Gasteiger partial charge in [-0.1, -0.05) is 0 Å². The number of nitrogens with zero attached hydrogens (tertiary/aromatic N) is 2. The second-order valence-electron chi connectivity index (χ2n) is 4.65. The molecule has 0 atom stereocenters. The number of nitrogens with two attached hydrogens (primary N) is 1. The number of aliphatic hydroxyl groups is 1. The topological polar surface area (TPSA) is 79.5 Å². The number of pyridine rings is 1. The fourth-order valence-corrected chi connectivity index (χ4v) is 2.08. The van der Waals surface area contributed by atoms with Crippen LogP contribution in [0.2, 0.25) is 0 Å². The largest absolute Gasteiger partial charge is 0.399 e. The number of carbonyl (C=O) groups is 1. The number of anilines is 1. The van der Waals surface area contributed by atoms with Crippen molar-refractivity contribution in [3.8, 4) is 0 Å². The maximum atomic E-state index is 12.0. The molecule has 0 aliphatic heterocycles. The van der Waals surface area contributed by atoms with Crippen LogP contribution in [0, 0.1) is 5.92 Å². The Morgan fingerprint density at radius 3 is 2.94 bits per heavy atom. The van der Waals surface area contributed by atoms with Crippen LogP contribution in [0.25, 0.3) is 0 Å². The van der Waals surface area contributed by atoms with E-state index in [0.29, 0.717) is 23.8 Å². The number of hydrogen-bond donors (Lipinski definition) is 2. The highest BCUT2D eigenvalue weighted by atomic mass is 16.3. The van der Waals surface area contributed by atoms with Gasteiger partial charge in [-0.15, -0.1) is 0 Å². The summed E-state index contributed by atoms with van der Waals surface area (Å²) < 4.78 is 0. The van der Waals surface area contributed by atoms with E-state index in [1.54, 1.807) is 24.1 Å². The molecular weight excluding hydrogens is 218 g/mol. The van der Waals surface area contributed by atoms with Crippen molar-refractivity contribution in [2.45, 2.75) is 18.9 Å². The molecule has 92 valence electrons. The van der Waals surface area contributed by atoms with Gasteiger partial charge in [0.05, 0.1) is 6.10 Å². The Morgan fingerprint density at radius 1 is 1.65 bits per heavy atom.